The number of aromatic nitrogens is 3. The molecular weight excluding hydrogens is 264 g/mol. The summed E-state index contributed by atoms with van der Waals surface area (Å²) in [5.41, 5.74) is 2.49. The van der Waals surface area contributed by atoms with Gasteiger partial charge in [-0.3, -0.25) is 4.90 Å². The van der Waals surface area contributed by atoms with Crippen LogP contribution in [-0.2, 0) is 19.5 Å². The van der Waals surface area contributed by atoms with Gasteiger partial charge in [0.25, 0.3) is 0 Å². The molecule has 0 aromatic carbocycles. The van der Waals surface area contributed by atoms with Gasteiger partial charge in [-0.05, 0) is 19.1 Å². The van der Waals surface area contributed by atoms with Gasteiger partial charge in [-0.15, -0.1) is 11.3 Å². The van der Waals surface area contributed by atoms with Gasteiger partial charge in [-0.2, -0.15) is 0 Å². The van der Waals surface area contributed by atoms with Crippen LogP contribution in [0.5, 0.6) is 0 Å². The van der Waals surface area contributed by atoms with Crippen LogP contribution < -0.4 is 0 Å². The third-order valence-electron chi connectivity index (χ3n) is 3.08. The first-order valence-corrected chi connectivity index (χ1v) is 7.14. The molecule has 18 heavy (non-hydrogen) atoms. The third-order valence-corrected chi connectivity index (χ3v) is 4.19. The molecule has 0 aliphatic carbocycles. The first-order chi connectivity index (χ1) is 8.70. The molecule has 0 unspecified atom stereocenters. The molecule has 3 rings (SSSR count). The Bertz CT molecular complexity index is 617. The summed E-state index contributed by atoms with van der Waals surface area (Å²) in [7, 11) is 0. The number of thiazole rings is 1. The minimum atomic E-state index is 0.581. The summed E-state index contributed by atoms with van der Waals surface area (Å²) >= 11 is 6.82. The highest BCUT2D eigenvalue weighted by atomic mass is 32.1. The minimum absolute atomic E-state index is 0.581. The van der Waals surface area contributed by atoms with E-state index in [0.29, 0.717) is 4.77 Å². The van der Waals surface area contributed by atoms with Crippen molar-refractivity contribution in [1.29, 1.82) is 0 Å². The lowest BCUT2D eigenvalue weighted by atomic mass is 10.1. The quantitative estimate of drug-likeness (QED) is 0.857. The molecule has 3 heterocycles. The molecule has 2 aromatic rings. The summed E-state index contributed by atoms with van der Waals surface area (Å²) in [4.78, 5) is 15.4. The molecular formula is C12H14N4S2. The van der Waals surface area contributed by atoms with Gasteiger partial charge in [0.1, 0.15) is 5.01 Å². The Morgan fingerprint density at radius 1 is 1.44 bits per heavy atom. The van der Waals surface area contributed by atoms with Crippen molar-refractivity contribution < 1.29 is 0 Å². The van der Waals surface area contributed by atoms with Crippen molar-refractivity contribution in [1.82, 2.24) is 19.9 Å². The second-order valence-corrected chi connectivity index (χ2v) is 6.22. The predicted octanol–water partition coefficient (Wildman–Crippen LogP) is 2.46. The van der Waals surface area contributed by atoms with Crippen LogP contribution >= 0.6 is 23.6 Å². The average molecular weight is 278 g/mol. The fourth-order valence-corrected chi connectivity index (χ4v) is 3.21. The van der Waals surface area contributed by atoms with Crippen molar-refractivity contribution >= 4 is 23.6 Å². The highest BCUT2D eigenvalue weighted by Crippen LogP contribution is 2.20. The average Bonchev–Trinajstić information content (AvgIpc) is 2.75. The molecule has 0 atom stereocenters. The molecule has 0 radical (unpaired) electrons. The van der Waals surface area contributed by atoms with Crippen molar-refractivity contribution in [3.8, 4) is 0 Å². The zero-order valence-electron chi connectivity index (χ0n) is 10.1. The largest absolute Gasteiger partial charge is 0.334 e. The summed E-state index contributed by atoms with van der Waals surface area (Å²) in [6.07, 6.45) is 4.84. The van der Waals surface area contributed by atoms with E-state index in [2.05, 4.69) is 26.8 Å². The van der Waals surface area contributed by atoms with Gasteiger partial charge in [0.2, 0.25) is 0 Å². The Balaban J connectivity index is 1.75. The zero-order valence-corrected chi connectivity index (χ0v) is 11.8. The van der Waals surface area contributed by atoms with Crippen LogP contribution in [0.25, 0.3) is 0 Å². The number of nitrogens with zero attached hydrogens (tertiary/aromatic N) is 3. The number of nitrogens with one attached hydrogen (secondary N) is 1. The topological polar surface area (TPSA) is 44.8 Å². The Morgan fingerprint density at radius 3 is 3.11 bits per heavy atom. The molecule has 0 saturated heterocycles. The summed E-state index contributed by atoms with van der Waals surface area (Å²) in [5.74, 6) is 0. The van der Waals surface area contributed by atoms with Crippen molar-refractivity contribution in [3.05, 3.63) is 38.3 Å². The number of hydrogen-bond acceptors (Lipinski definition) is 5. The van der Waals surface area contributed by atoms with Gasteiger partial charge in [-0.25, -0.2) is 9.97 Å². The zero-order chi connectivity index (χ0) is 12.5. The van der Waals surface area contributed by atoms with E-state index in [1.165, 1.54) is 21.1 Å². The van der Waals surface area contributed by atoms with E-state index in [-0.39, 0.29) is 0 Å². The van der Waals surface area contributed by atoms with Gasteiger partial charge >= 0.3 is 0 Å². The van der Waals surface area contributed by atoms with Crippen molar-refractivity contribution in [2.24, 2.45) is 0 Å². The first-order valence-electron chi connectivity index (χ1n) is 5.91. The molecule has 1 N–H and O–H groups in total. The minimum Gasteiger partial charge on any atom is -0.334 e. The maximum absolute atomic E-state index is 5.05. The van der Waals surface area contributed by atoms with Crippen molar-refractivity contribution in [2.75, 3.05) is 6.54 Å². The monoisotopic (exact) mass is 278 g/mol. The van der Waals surface area contributed by atoms with E-state index < -0.39 is 0 Å². The molecule has 0 spiro atoms. The molecule has 0 bridgehead atoms. The van der Waals surface area contributed by atoms with Crippen molar-refractivity contribution in [3.63, 3.8) is 0 Å². The smallest absolute Gasteiger partial charge is 0.196 e. The number of hydrogen-bond donors (Lipinski definition) is 1. The predicted molar refractivity (Wildman–Crippen MR) is 74.1 cm³/mol. The van der Waals surface area contributed by atoms with Gasteiger partial charge in [0.15, 0.2) is 4.77 Å². The number of rotatable bonds is 2. The third kappa shape index (κ3) is 2.50. The summed E-state index contributed by atoms with van der Waals surface area (Å²) in [6, 6.07) is 0. The second kappa shape index (κ2) is 4.87. The van der Waals surface area contributed by atoms with E-state index in [0.717, 1.165) is 26.1 Å². The number of H-pyrrole nitrogens is 1. The SMILES string of the molecule is Cc1cnc(CN2CCc3[nH]c(=S)ncc3C2)s1. The van der Waals surface area contributed by atoms with Gasteiger partial charge < -0.3 is 4.98 Å². The number of fused-ring (bicyclic) bond motifs is 1. The fraction of sp³-hybridized carbons (Fsp3) is 0.417. The van der Waals surface area contributed by atoms with E-state index in [4.69, 9.17) is 12.2 Å². The van der Waals surface area contributed by atoms with Gasteiger partial charge in [-0.1, -0.05) is 0 Å². The standard InChI is InChI=1S/C12H14N4S2/c1-8-4-13-11(18-8)7-16-3-2-10-9(6-16)5-14-12(17)15-10/h4-5H,2-3,6-7H2,1H3,(H,14,15,17). The van der Waals surface area contributed by atoms with E-state index in [1.54, 1.807) is 11.3 Å². The Kier molecular flexibility index (Phi) is 3.23. The molecule has 4 nitrogen and oxygen atoms in total. The van der Waals surface area contributed by atoms with Gasteiger partial charge in [0, 0.05) is 48.0 Å². The Hall–Kier alpha value is -1.11. The first kappa shape index (κ1) is 12.0. The van der Waals surface area contributed by atoms with E-state index in [9.17, 15) is 0 Å². The van der Waals surface area contributed by atoms with Crippen LogP contribution in [0.1, 0.15) is 21.1 Å². The van der Waals surface area contributed by atoms with Crippen LogP contribution in [0.3, 0.4) is 0 Å². The van der Waals surface area contributed by atoms with E-state index in [1.807, 2.05) is 12.4 Å². The van der Waals surface area contributed by atoms with Gasteiger partial charge in [0.05, 0.1) is 6.54 Å². The molecule has 0 amide bonds. The molecule has 2 aromatic heterocycles. The lowest BCUT2D eigenvalue weighted by Gasteiger charge is -2.27. The lowest BCUT2D eigenvalue weighted by molar-refractivity contribution is 0.242. The molecule has 1 aliphatic heterocycles. The van der Waals surface area contributed by atoms with Crippen LogP contribution in [0.4, 0.5) is 0 Å². The normalized spacial score (nSPS) is 15.6. The number of aromatic amines is 1. The summed E-state index contributed by atoms with van der Waals surface area (Å²) in [5, 5.41) is 1.19. The van der Waals surface area contributed by atoms with E-state index >= 15 is 0 Å². The Morgan fingerprint density at radius 2 is 2.33 bits per heavy atom. The Labute approximate surface area is 115 Å². The maximum atomic E-state index is 5.05. The summed E-state index contributed by atoms with van der Waals surface area (Å²) < 4.78 is 0.581. The molecule has 0 fully saturated rings. The van der Waals surface area contributed by atoms with Crippen LogP contribution in [0.15, 0.2) is 12.4 Å². The van der Waals surface area contributed by atoms with Crippen molar-refractivity contribution in [2.45, 2.75) is 26.4 Å². The molecule has 94 valence electrons. The van der Waals surface area contributed by atoms with Crippen LogP contribution in [0, 0.1) is 11.7 Å². The second-order valence-electron chi connectivity index (χ2n) is 4.52. The molecule has 6 heteroatoms. The maximum Gasteiger partial charge on any atom is 0.196 e. The van der Waals surface area contributed by atoms with Crippen LogP contribution in [0.2, 0.25) is 0 Å². The highest BCUT2D eigenvalue weighted by molar-refractivity contribution is 7.71. The number of aryl methyl sites for hydroxylation is 1. The molecule has 1 aliphatic rings. The highest BCUT2D eigenvalue weighted by Gasteiger charge is 2.17. The summed E-state index contributed by atoms with van der Waals surface area (Å²) in [6.45, 7) is 4.98. The lowest BCUT2D eigenvalue weighted by Crippen LogP contribution is -2.30. The van der Waals surface area contributed by atoms with Crippen LogP contribution in [-0.4, -0.2) is 26.4 Å². The molecule has 0 saturated carbocycles. The fourth-order valence-electron chi connectivity index (χ4n) is 2.21.